The lowest BCUT2D eigenvalue weighted by molar-refractivity contribution is -0.141. The summed E-state index contributed by atoms with van der Waals surface area (Å²) in [6.07, 6.45) is 5.79. The van der Waals surface area contributed by atoms with E-state index in [1.807, 2.05) is 25.8 Å². The van der Waals surface area contributed by atoms with Gasteiger partial charge in [-0.1, -0.05) is 33.1 Å². The van der Waals surface area contributed by atoms with Gasteiger partial charge in [-0.25, -0.2) is 0 Å². The summed E-state index contributed by atoms with van der Waals surface area (Å²) in [6, 6.07) is -0.202. The van der Waals surface area contributed by atoms with E-state index in [9.17, 15) is 9.59 Å². The van der Waals surface area contributed by atoms with E-state index in [-0.39, 0.29) is 24.3 Å². The molecule has 0 heterocycles. The maximum atomic E-state index is 12.2. The molecule has 1 aliphatic carbocycles. The number of nitrogens with zero attached hydrogens (tertiary/aromatic N) is 2. The third kappa shape index (κ3) is 4.47. The summed E-state index contributed by atoms with van der Waals surface area (Å²) in [6.45, 7) is 3.94. The van der Waals surface area contributed by atoms with E-state index in [1.165, 1.54) is 24.2 Å². The fourth-order valence-corrected chi connectivity index (χ4v) is 2.60. The summed E-state index contributed by atoms with van der Waals surface area (Å²) >= 11 is 0. The van der Waals surface area contributed by atoms with Gasteiger partial charge in [0.25, 0.3) is 0 Å². The highest BCUT2D eigenvalue weighted by molar-refractivity contribution is 5.87. The average Bonchev–Trinajstić information content (AvgIpc) is 2.45. The minimum Gasteiger partial charge on any atom is -0.341 e. The number of nitrogens with two attached hydrogens (primary N) is 1. The minimum atomic E-state index is -0.534. The van der Waals surface area contributed by atoms with Crippen molar-refractivity contribution >= 4 is 11.8 Å². The molecule has 1 rings (SSSR count). The smallest absolute Gasteiger partial charge is 0.242 e. The van der Waals surface area contributed by atoms with E-state index in [1.54, 1.807) is 7.05 Å². The lowest BCUT2D eigenvalue weighted by Gasteiger charge is -2.33. The van der Waals surface area contributed by atoms with Crippen LogP contribution in [0.25, 0.3) is 0 Å². The molecule has 0 aliphatic heterocycles. The molecule has 0 saturated heterocycles. The van der Waals surface area contributed by atoms with Gasteiger partial charge < -0.3 is 15.5 Å². The molecule has 0 aromatic heterocycles. The number of amides is 2. The van der Waals surface area contributed by atoms with E-state index < -0.39 is 6.04 Å². The number of rotatable bonds is 5. The molecule has 1 unspecified atom stereocenters. The summed E-state index contributed by atoms with van der Waals surface area (Å²) in [5.41, 5.74) is 5.84. The molecule has 1 saturated carbocycles. The van der Waals surface area contributed by atoms with Gasteiger partial charge in [0.1, 0.15) is 0 Å². The van der Waals surface area contributed by atoms with Gasteiger partial charge in [0.2, 0.25) is 11.8 Å². The van der Waals surface area contributed by atoms with Crippen molar-refractivity contribution in [2.45, 2.75) is 58.0 Å². The van der Waals surface area contributed by atoms with Crippen molar-refractivity contribution in [3.8, 4) is 0 Å². The third-order valence-corrected chi connectivity index (χ3v) is 4.27. The fourth-order valence-electron chi connectivity index (χ4n) is 2.60. The molecule has 5 nitrogen and oxygen atoms in total. The standard InChI is InChI=1S/C15H29N3O2/c1-11(2)14(16)15(20)17(3)10-13(19)18(4)12-8-6-5-7-9-12/h11-12,14H,5-10,16H2,1-4H3. The van der Waals surface area contributed by atoms with E-state index in [4.69, 9.17) is 5.73 Å². The average molecular weight is 283 g/mol. The quantitative estimate of drug-likeness (QED) is 0.825. The highest BCUT2D eigenvalue weighted by atomic mass is 16.2. The Kier molecular flexibility index (Phi) is 6.46. The highest BCUT2D eigenvalue weighted by Crippen LogP contribution is 2.21. The molecule has 0 aromatic carbocycles. The molecule has 1 fully saturated rings. The van der Waals surface area contributed by atoms with Gasteiger partial charge in [0.05, 0.1) is 12.6 Å². The van der Waals surface area contributed by atoms with E-state index in [0.717, 1.165) is 12.8 Å². The Labute approximate surface area is 122 Å². The predicted octanol–water partition coefficient (Wildman–Crippen LogP) is 1.22. The van der Waals surface area contributed by atoms with E-state index >= 15 is 0 Å². The first kappa shape index (κ1) is 17.0. The normalized spacial score (nSPS) is 17.9. The molecule has 116 valence electrons. The lowest BCUT2D eigenvalue weighted by atomic mass is 9.94. The van der Waals surface area contributed by atoms with Crippen LogP contribution >= 0.6 is 0 Å². The van der Waals surface area contributed by atoms with Crippen molar-refractivity contribution in [3.05, 3.63) is 0 Å². The van der Waals surface area contributed by atoms with Gasteiger partial charge in [0, 0.05) is 20.1 Å². The van der Waals surface area contributed by atoms with Crippen molar-refractivity contribution in [1.82, 2.24) is 9.80 Å². The summed E-state index contributed by atoms with van der Waals surface area (Å²) in [4.78, 5) is 27.5. The number of hydrogen-bond donors (Lipinski definition) is 1. The Balaban J connectivity index is 2.49. The van der Waals surface area contributed by atoms with Crippen molar-refractivity contribution in [2.24, 2.45) is 11.7 Å². The van der Waals surface area contributed by atoms with Crippen LogP contribution < -0.4 is 5.73 Å². The largest absolute Gasteiger partial charge is 0.341 e. The van der Waals surface area contributed by atoms with Gasteiger partial charge in [-0.05, 0) is 18.8 Å². The summed E-state index contributed by atoms with van der Waals surface area (Å²) in [5.74, 6) is -0.0785. The van der Waals surface area contributed by atoms with Crippen LogP contribution in [0.5, 0.6) is 0 Å². The lowest BCUT2D eigenvalue weighted by Crippen LogP contribution is -2.49. The highest BCUT2D eigenvalue weighted by Gasteiger charge is 2.26. The second-order valence-electron chi connectivity index (χ2n) is 6.26. The zero-order valence-corrected chi connectivity index (χ0v) is 13.3. The Morgan fingerprint density at radius 1 is 1.15 bits per heavy atom. The van der Waals surface area contributed by atoms with Crippen LogP contribution in [-0.4, -0.2) is 54.3 Å². The van der Waals surface area contributed by atoms with Gasteiger partial charge in [-0.2, -0.15) is 0 Å². The molecule has 1 atom stereocenters. The number of likely N-dealkylation sites (N-methyl/N-ethyl adjacent to an activating group) is 2. The van der Waals surface area contributed by atoms with Gasteiger partial charge in [-0.3, -0.25) is 9.59 Å². The molecule has 2 amide bonds. The Bertz CT molecular complexity index is 338. The van der Waals surface area contributed by atoms with Crippen molar-refractivity contribution < 1.29 is 9.59 Å². The van der Waals surface area contributed by atoms with Crippen molar-refractivity contribution in [2.75, 3.05) is 20.6 Å². The second-order valence-corrected chi connectivity index (χ2v) is 6.26. The third-order valence-electron chi connectivity index (χ3n) is 4.27. The fraction of sp³-hybridized carbons (Fsp3) is 0.867. The maximum Gasteiger partial charge on any atom is 0.242 e. The minimum absolute atomic E-state index is 0.00343. The van der Waals surface area contributed by atoms with E-state index in [0.29, 0.717) is 6.04 Å². The molecular formula is C15H29N3O2. The molecule has 20 heavy (non-hydrogen) atoms. The molecule has 0 radical (unpaired) electrons. The number of carbonyl (C=O) groups is 2. The molecule has 0 aromatic rings. The number of hydrogen-bond acceptors (Lipinski definition) is 3. The van der Waals surface area contributed by atoms with Crippen LogP contribution in [-0.2, 0) is 9.59 Å². The van der Waals surface area contributed by atoms with Gasteiger partial charge in [-0.15, -0.1) is 0 Å². The SMILES string of the molecule is CC(C)C(N)C(=O)N(C)CC(=O)N(C)C1CCCCC1. The van der Waals surface area contributed by atoms with Gasteiger partial charge in [0.15, 0.2) is 0 Å². The van der Waals surface area contributed by atoms with Crippen LogP contribution in [0.3, 0.4) is 0 Å². The van der Waals surface area contributed by atoms with Crippen LogP contribution in [0.4, 0.5) is 0 Å². The van der Waals surface area contributed by atoms with Crippen LogP contribution in [0.2, 0.25) is 0 Å². The molecule has 2 N–H and O–H groups in total. The van der Waals surface area contributed by atoms with Crippen LogP contribution in [0, 0.1) is 5.92 Å². The topological polar surface area (TPSA) is 66.6 Å². The Hall–Kier alpha value is -1.10. The van der Waals surface area contributed by atoms with Gasteiger partial charge >= 0.3 is 0 Å². The first-order chi connectivity index (χ1) is 9.34. The number of carbonyl (C=O) groups excluding carboxylic acids is 2. The molecule has 0 spiro atoms. The molecule has 0 bridgehead atoms. The molecular weight excluding hydrogens is 254 g/mol. The van der Waals surface area contributed by atoms with Crippen molar-refractivity contribution in [1.29, 1.82) is 0 Å². The molecule has 1 aliphatic rings. The van der Waals surface area contributed by atoms with Crippen LogP contribution in [0.1, 0.15) is 46.0 Å². The predicted molar refractivity (Wildman–Crippen MR) is 80.1 cm³/mol. The Morgan fingerprint density at radius 2 is 1.70 bits per heavy atom. The zero-order chi connectivity index (χ0) is 15.3. The first-order valence-electron chi connectivity index (χ1n) is 7.60. The van der Waals surface area contributed by atoms with Crippen LogP contribution in [0.15, 0.2) is 0 Å². The first-order valence-corrected chi connectivity index (χ1v) is 7.60. The summed E-state index contributed by atoms with van der Waals surface area (Å²) in [7, 11) is 3.50. The second kappa shape index (κ2) is 7.62. The Morgan fingerprint density at radius 3 is 2.20 bits per heavy atom. The molecule has 5 heteroatoms. The van der Waals surface area contributed by atoms with E-state index in [2.05, 4.69) is 0 Å². The summed E-state index contributed by atoms with van der Waals surface area (Å²) in [5, 5.41) is 0. The maximum absolute atomic E-state index is 12.2. The monoisotopic (exact) mass is 283 g/mol. The summed E-state index contributed by atoms with van der Waals surface area (Å²) < 4.78 is 0. The zero-order valence-electron chi connectivity index (χ0n) is 13.3. The van der Waals surface area contributed by atoms with Crippen molar-refractivity contribution in [3.63, 3.8) is 0 Å².